The molecule has 0 spiro atoms. The number of ether oxygens (including phenoxy) is 1. The molecule has 3 nitrogen and oxygen atoms in total. The fourth-order valence-corrected chi connectivity index (χ4v) is 1.31. The molecule has 1 atom stereocenters. The number of hydrogen-bond acceptors (Lipinski definition) is 2. The summed E-state index contributed by atoms with van der Waals surface area (Å²) in [6.45, 7) is 1.47. The van der Waals surface area contributed by atoms with Crippen LogP contribution in [-0.4, -0.2) is 17.2 Å². The molecule has 1 rings (SSSR count). The van der Waals surface area contributed by atoms with Crippen molar-refractivity contribution in [3.8, 4) is 5.75 Å². The summed E-state index contributed by atoms with van der Waals surface area (Å²) in [7, 11) is 0. The van der Waals surface area contributed by atoms with Crippen LogP contribution in [0.5, 0.6) is 5.75 Å². The van der Waals surface area contributed by atoms with E-state index in [9.17, 15) is 4.79 Å². The zero-order valence-corrected chi connectivity index (χ0v) is 10.2. The number of benzene rings is 1. The van der Waals surface area contributed by atoms with E-state index in [4.69, 9.17) is 21.4 Å². The first kappa shape index (κ1) is 11.6. The van der Waals surface area contributed by atoms with Gasteiger partial charge < -0.3 is 9.84 Å². The van der Waals surface area contributed by atoms with Crippen molar-refractivity contribution >= 4 is 40.2 Å². The van der Waals surface area contributed by atoms with Crippen LogP contribution < -0.4 is 4.74 Å². The van der Waals surface area contributed by atoms with E-state index in [0.29, 0.717) is 10.8 Å². The van der Waals surface area contributed by atoms with Crippen LogP contribution in [-0.2, 0) is 4.79 Å². The Morgan fingerprint density at radius 1 is 1.64 bits per heavy atom. The smallest absolute Gasteiger partial charge is 0.344 e. The van der Waals surface area contributed by atoms with Crippen LogP contribution in [0.25, 0.3) is 0 Å². The molecule has 1 aromatic carbocycles. The van der Waals surface area contributed by atoms with Gasteiger partial charge in [0.2, 0.25) is 0 Å². The van der Waals surface area contributed by atoms with Crippen molar-refractivity contribution in [2.45, 2.75) is 13.0 Å². The molecule has 0 heterocycles. The lowest BCUT2D eigenvalue weighted by Crippen LogP contribution is -2.22. The molecular formula is C9H8ClIO3. The van der Waals surface area contributed by atoms with E-state index in [0.717, 1.165) is 3.57 Å². The molecule has 1 unspecified atom stereocenters. The van der Waals surface area contributed by atoms with Crippen LogP contribution in [0.1, 0.15) is 6.92 Å². The molecule has 0 saturated heterocycles. The number of rotatable bonds is 3. The van der Waals surface area contributed by atoms with Gasteiger partial charge in [-0.3, -0.25) is 0 Å². The normalized spacial score (nSPS) is 12.2. The molecule has 0 aromatic heterocycles. The molecule has 0 aliphatic rings. The zero-order chi connectivity index (χ0) is 10.7. The highest BCUT2D eigenvalue weighted by atomic mass is 127. The lowest BCUT2D eigenvalue weighted by Gasteiger charge is -2.10. The van der Waals surface area contributed by atoms with Gasteiger partial charge in [0.25, 0.3) is 0 Å². The minimum atomic E-state index is -1.00. The maximum absolute atomic E-state index is 10.5. The van der Waals surface area contributed by atoms with Gasteiger partial charge in [-0.2, -0.15) is 0 Å². The Kier molecular flexibility index (Phi) is 4.00. The van der Waals surface area contributed by atoms with Crippen LogP contribution in [0, 0.1) is 3.57 Å². The van der Waals surface area contributed by atoms with Crippen molar-refractivity contribution in [3.63, 3.8) is 0 Å². The second-order valence-electron chi connectivity index (χ2n) is 2.67. The summed E-state index contributed by atoms with van der Waals surface area (Å²) < 4.78 is 6.03. The van der Waals surface area contributed by atoms with Gasteiger partial charge in [0.1, 0.15) is 5.75 Å². The van der Waals surface area contributed by atoms with E-state index in [1.165, 1.54) is 6.92 Å². The summed E-state index contributed by atoms with van der Waals surface area (Å²) in [6.07, 6.45) is -0.869. The molecule has 0 saturated carbocycles. The van der Waals surface area contributed by atoms with Crippen molar-refractivity contribution in [1.82, 2.24) is 0 Å². The van der Waals surface area contributed by atoms with E-state index in [1.54, 1.807) is 18.2 Å². The number of carbonyl (C=O) groups is 1. The standard InChI is InChI=1S/C9H8ClIO3/c1-5(9(12)13)14-6-2-3-8(11)7(10)4-6/h2-5H,1H3,(H,12,13). The largest absolute Gasteiger partial charge is 0.479 e. The third-order valence-corrected chi connectivity index (χ3v) is 3.12. The molecule has 0 aliphatic carbocycles. The van der Waals surface area contributed by atoms with Crippen LogP contribution in [0.2, 0.25) is 5.02 Å². The fourth-order valence-electron chi connectivity index (χ4n) is 0.805. The van der Waals surface area contributed by atoms with Gasteiger partial charge in [0.05, 0.1) is 5.02 Å². The van der Waals surface area contributed by atoms with Crippen LogP contribution >= 0.6 is 34.2 Å². The molecule has 14 heavy (non-hydrogen) atoms. The number of halogens is 2. The zero-order valence-electron chi connectivity index (χ0n) is 7.33. The first-order valence-corrected chi connectivity index (χ1v) is 5.31. The average Bonchev–Trinajstić information content (AvgIpc) is 2.11. The fraction of sp³-hybridized carbons (Fsp3) is 0.222. The number of hydrogen-bond donors (Lipinski definition) is 1. The quantitative estimate of drug-likeness (QED) is 0.869. The second kappa shape index (κ2) is 4.84. The van der Waals surface area contributed by atoms with Crippen molar-refractivity contribution in [1.29, 1.82) is 0 Å². The monoisotopic (exact) mass is 326 g/mol. The van der Waals surface area contributed by atoms with E-state index >= 15 is 0 Å². The first-order chi connectivity index (χ1) is 6.50. The highest BCUT2D eigenvalue weighted by Crippen LogP contribution is 2.24. The Hall–Kier alpha value is -0.490. The third-order valence-electron chi connectivity index (χ3n) is 1.55. The highest BCUT2D eigenvalue weighted by molar-refractivity contribution is 14.1. The van der Waals surface area contributed by atoms with Gasteiger partial charge >= 0.3 is 5.97 Å². The Morgan fingerprint density at radius 2 is 2.29 bits per heavy atom. The SMILES string of the molecule is CC(Oc1ccc(I)c(Cl)c1)C(=O)O. The third kappa shape index (κ3) is 3.02. The molecular weight excluding hydrogens is 318 g/mol. The molecule has 0 fully saturated rings. The van der Waals surface area contributed by atoms with Crippen molar-refractivity contribution in [3.05, 3.63) is 26.8 Å². The summed E-state index contributed by atoms with van der Waals surface area (Å²) in [5.74, 6) is -0.537. The minimum absolute atomic E-state index is 0.463. The predicted octanol–water partition coefficient (Wildman–Crippen LogP) is 2.80. The first-order valence-electron chi connectivity index (χ1n) is 3.85. The summed E-state index contributed by atoms with van der Waals surface area (Å²) in [4.78, 5) is 10.5. The van der Waals surface area contributed by atoms with Crippen molar-refractivity contribution in [2.24, 2.45) is 0 Å². The molecule has 0 aliphatic heterocycles. The van der Waals surface area contributed by atoms with Gasteiger partial charge in [-0.25, -0.2) is 4.79 Å². The van der Waals surface area contributed by atoms with Gasteiger partial charge in [0, 0.05) is 3.57 Å². The molecule has 76 valence electrons. The van der Waals surface area contributed by atoms with E-state index < -0.39 is 12.1 Å². The van der Waals surface area contributed by atoms with Crippen LogP contribution in [0.4, 0.5) is 0 Å². The van der Waals surface area contributed by atoms with Crippen LogP contribution in [0.15, 0.2) is 18.2 Å². The van der Waals surface area contributed by atoms with Crippen LogP contribution in [0.3, 0.4) is 0 Å². The van der Waals surface area contributed by atoms with E-state index in [2.05, 4.69) is 22.6 Å². The molecule has 0 radical (unpaired) electrons. The summed E-state index contributed by atoms with van der Waals surface area (Å²) >= 11 is 7.93. The van der Waals surface area contributed by atoms with Crippen molar-refractivity contribution < 1.29 is 14.6 Å². The summed E-state index contributed by atoms with van der Waals surface area (Å²) in [5, 5.41) is 9.16. The predicted molar refractivity (Wildman–Crippen MR) is 61.9 cm³/mol. The Morgan fingerprint density at radius 3 is 2.79 bits per heavy atom. The number of aliphatic carboxylic acids is 1. The molecule has 0 bridgehead atoms. The Balaban J connectivity index is 2.78. The van der Waals surface area contributed by atoms with Crippen molar-refractivity contribution in [2.75, 3.05) is 0 Å². The van der Waals surface area contributed by atoms with Gasteiger partial charge in [-0.15, -0.1) is 0 Å². The minimum Gasteiger partial charge on any atom is -0.479 e. The lowest BCUT2D eigenvalue weighted by atomic mass is 10.3. The lowest BCUT2D eigenvalue weighted by molar-refractivity contribution is -0.144. The second-order valence-corrected chi connectivity index (χ2v) is 4.24. The number of carboxylic acids is 1. The molecule has 5 heteroatoms. The number of carboxylic acid groups (broad SMARTS) is 1. The maximum atomic E-state index is 10.5. The molecule has 1 N–H and O–H groups in total. The Labute approximate surface area is 100 Å². The van der Waals surface area contributed by atoms with Gasteiger partial charge in [-0.05, 0) is 47.7 Å². The summed E-state index contributed by atoms with van der Waals surface area (Å²) in [6, 6.07) is 5.06. The summed E-state index contributed by atoms with van der Waals surface area (Å²) in [5.41, 5.74) is 0. The Bertz CT molecular complexity index is 354. The molecule has 0 amide bonds. The van der Waals surface area contributed by atoms with E-state index in [1.807, 2.05) is 0 Å². The topological polar surface area (TPSA) is 46.5 Å². The highest BCUT2D eigenvalue weighted by Gasteiger charge is 2.12. The maximum Gasteiger partial charge on any atom is 0.344 e. The van der Waals surface area contributed by atoms with Gasteiger partial charge in [0.15, 0.2) is 6.10 Å². The van der Waals surface area contributed by atoms with E-state index in [-0.39, 0.29) is 0 Å². The molecule has 1 aromatic rings. The average molecular weight is 327 g/mol. The van der Waals surface area contributed by atoms with Gasteiger partial charge in [-0.1, -0.05) is 11.6 Å².